The molecule has 1 N–H and O–H groups in total. The van der Waals surface area contributed by atoms with Crippen molar-refractivity contribution in [1.82, 2.24) is 5.43 Å². The third-order valence-corrected chi connectivity index (χ3v) is 3.33. The van der Waals surface area contributed by atoms with Crippen LogP contribution >= 0.6 is 11.6 Å². The van der Waals surface area contributed by atoms with Gasteiger partial charge in [-0.25, -0.2) is 5.43 Å². The van der Waals surface area contributed by atoms with Gasteiger partial charge in [0.15, 0.2) is 6.61 Å². The Morgan fingerprint density at radius 1 is 1.00 bits per heavy atom. The van der Waals surface area contributed by atoms with Crippen LogP contribution in [0.2, 0.25) is 5.02 Å². The molecule has 0 radical (unpaired) electrons. The van der Waals surface area contributed by atoms with Crippen LogP contribution in [0, 0.1) is 0 Å². The summed E-state index contributed by atoms with van der Waals surface area (Å²) in [6.07, 6.45) is 1.29. The van der Waals surface area contributed by atoms with Crippen molar-refractivity contribution in [3.8, 4) is 17.2 Å². The van der Waals surface area contributed by atoms with E-state index in [0.29, 0.717) is 16.3 Å². The van der Waals surface area contributed by atoms with E-state index in [1.807, 2.05) is 0 Å². The van der Waals surface area contributed by atoms with E-state index >= 15 is 0 Å². The second kappa shape index (κ2) is 10.1. The molecule has 146 valence electrons. The number of amides is 1. The molecule has 0 atom stereocenters. The maximum Gasteiger partial charge on any atom is 0.308 e. The molecular formula is C19H17ClN2O6. The van der Waals surface area contributed by atoms with Crippen LogP contribution in [0.25, 0.3) is 0 Å². The molecule has 2 aromatic rings. The molecule has 9 heteroatoms. The average molecular weight is 405 g/mol. The van der Waals surface area contributed by atoms with Gasteiger partial charge in [-0.05, 0) is 36.4 Å². The maximum atomic E-state index is 11.8. The first-order chi connectivity index (χ1) is 13.3. The second-order valence-electron chi connectivity index (χ2n) is 5.42. The summed E-state index contributed by atoms with van der Waals surface area (Å²) in [6, 6.07) is 10.9. The molecule has 1 amide bonds. The molecule has 0 spiro atoms. The van der Waals surface area contributed by atoms with Gasteiger partial charge in [-0.15, -0.1) is 0 Å². The summed E-state index contributed by atoms with van der Waals surface area (Å²) in [7, 11) is 0. The molecule has 0 bridgehead atoms. The van der Waals surface area contributed by atoms with Crippen molar-refractivity contribution in [3.05, 3.63) is 53.1 Å². The molecule has 0 heterocycles. The van der Waals surface area contributed by atoms with Crippen molar-refractivity contribution < 1.29 is 28.6 Å². The summed E-state index contributed by atoms with van der Waals surface area (Å²) >= 11 is 5.77. The molecular weight excluding hydrogens is 388 g/mol. The third kappa shape index (κ3) is 7.08. The lowest BCUT2D eigenvalue weighted by Gasteiger charge is -2.08. The number of esters is 2. The lowest BCUT2D eigenvalue weighted by atomic mass is 10.2. The number of benzene rings is 2. The number of carbonyl (C=O) groups is 3. The van der Waals surface area contributed by atoms with Gasteiger partial charge in [0.2, 0.25) is 0 Å². The second-order valence-corrected chi connectivity index (χ2v) is 5.86. The van der Waals surface area contributed by atoms with Crippen LogP contribution in [0.1, 0.15) is 19.4 Å². The molecule has 8 nitrogen and oxygen atoms in total. The highest BCUT2D eigenvalue weighted by molar-refractivity contribution is 6.30. The quantitative estimate of drug-likeness (QED) is 0.329. The van der Waals surface area contributed by atoms with Crippen LogP contribution in [-0.2, 0) is 14.4 Å². The van der Waals surface area contributed by atoms with Gasteiger partial charge in [-0.2, -0.15) is 5.10 Å². The molecule has 2 aromatic carbocycles. The third-order valence-electron chi connectivity index (χ3n) is 3.08. The zero-order valence-electron chi connectivity index (χ0n) is 15.1. The highest BCUT2D eigenvalue weighted by atomic mass is 35.5. The first-order valence-corrected chi connectivity index (χ1v) is 8.42. The number of nitrogens with one attached hydrogen (secondary N) is 1. The standard InChI is InChI=1S/C19H17ClN2O6/c1-12(23)27-17-6-3-14(18(9-17)28-13(2)24)10-21-22-19(25)11-26-16-7-4-15(20)5-8-16/h3-10H,11H2,1-2H3,(H,22,25). The van der Waals surface area contributed by atoms with Gasteiger partial charge in [-0.1, -0.05) is 11.6 Å². The number of nitrogens with zero attached hydrogens (tertiary/aromatic N) is 1. The molecule has 0 aliphatic rings. The van der Waals surface area contributed by atoms with Crippen molar-refractivity contribution in [2.24, 2.45) is 5.10 Å². The Morgan fingerprint density at radius 3 is 2.29 bits per heavy atom. The van der Waals surface area contributed by atoms with Crippen molar-refractivity contribution in [1.29, 1.82) is 0 Å². The fraction of sp³-hybridized carbons (Fsp3) is 0.158. The van der Waals surface area contributed by atoms with Gasteiger partial charge in [0.1, 0.15) is 17.2 Å². The molecule has 2 rings (SSSR count). The minimum Gasteiger partial charge on any atom is -0.484 e. The monoisotopic (exact) mass is 404 g/mol. The lowest BCUT2D eigenvalue weighted by Crippen LogP contribution is -2.24. The van der Waals surface area contributed by atoms with Crippen LogP contribution in [0.15, 0.2) is 47.6 Å². The number of ether oxygens (including phenoxy) is 3. The number of hydrazone groups is 1. The fourth-order valence-electron chi connectivity index (χ4n) is 1.98. The van der Waals surface area contributed by atoms with Crippen LogP contribution in [0.4, 0.5) is 0 Å². The van der Waals surface area contributed by atoms with E-state index < -0.39 is 17.8 Å². The summed E-state index contributed by atoms with van der Waals surface area (Å²) in [4.78, 5) is 34.1. The summed E-state index contributed by atoms with van der Waals surface area (Å²) in [5, 5.41) is 4.36. The molecule has 0 aromatic heterocycles. The van der Waals surface area contributed by atoms with Gasteiger partial charge >= 0.3 is 11.9 Å². The lowest BCUT2D eigenvalue weighted by molar-refractivity contribution is -0.132. The van der Waals surface area contributed by atoms with Crippen LogP contribution in [0.3, 0.4) is 0 Å². The Bertz CT molecular complexity index is 896. The number of hydrogen-bond donors (Lipinski definition) is 1. The Balaban J connectivity index is 1.97. The smallest absolute Gasteiger partial charge is 0.308 e. The van der Waals surface area contributed by atoms with Crippen LogP contribution < -0.4 is 19.6 Å². The molecule has 0 aliphatic carbocycles. The van der Waals surface area contributed by atoms with E-state index in [1.165, 1.54) is 38.3 Å². The van der Waals surface area contributed by atoms with Crippen LogP contribution in [0.5, 0.6) is 17.2 Å². The molecule has 0 unspecified atom stereocenters. The highest BCUT2D eigenvalue weighted by Crippen LogP contribution is 2.24. The number of rotatable bonds is 7. The SMILES string of the molecule is CC(=O)Oc1ccc(C=NNC(=O)COc2ccc(Cl)cc2)c(OC(C)=O)c1. The van der Waals surface area contributed by atoms with E-state index in [9.17, 15) is 14.4 Å². The van der Waals surface area contributed by atoms with E-state index in [-0.39, 0.29) is 18.1 Å². The van der Waals surface area contributed by atoms with E-state index in [0.717, 1.165) is 0 Å². The number of carbonyl (C=O) groups excluding carboxylic acids is 3. The Hall–Kier alpha value is -3.39. The largest absolute Gasteiger partial charge is 0.484 e. The van der Waals surface area contributed by atoms with Gasteiger partial charge in [0, 0.05) is 30.5 Å². The fourth-order valence-corrected chi connectivity index (χ4v) is 2.11. The summed E-state index contributed by atoms with van der Waals surface area (Å²) < 4.78 is 15.3. The number of halogens is 1. The molecule has 0 fully saturated rings. The Morgan fingerprint density at radius 2 is 1.64 bits per heavy atom. The Labute approximate surface area is 166 Å². The zero-order valence-corrected chi connectivity index (χ0v) is 15.9. The minimum absolute atomic E-state index is 0.127. The summed E-state index contributed by atoms with van der Waals surface area (Å²) in [5.41, 5.74) is 2.69. The molecule has 0 aliphatic heterocycles. The zero-order chi connectivity index (χ0) is 20.5. The van der Waals surface area contributed by atoms with E-state index in [2.05, 4.69) is 10.5 Å². The maximum absolute atomic E-state index is 11.8. The van der Waals surface area contributed by atoms with Crippen molar-refractivity contribution in [2.75, 3.05) is 6.61 Å². The van der Waals surface area contributed by atoms with E-state index in [1.54, 1.807) is 24.3 Å². The van der Waals surface area contributed by atoms with Gasteiger partial charge in [0.05, 0.1) is 6.21 Å². The highest BCUT2D eigenvalue weighted by Gasteiger charge is 2.09. The summed E-state index contributed by atoms with van der Waals surface area (Å²) in [5.74, 6) is -0.736. The Kier molecular flexibility index (Phi) is 7.53. The first-order valence-electron chi connectivity index (χ1n) is 8.04. The molecule has 0 saturated carbocycles. The molecule has 0 saturated heterocycles. The van der Waals surface area contributed by atoms with Gasteiger partial charge in [-0.3, -0.25) is 14.4 Å². The van der Waals surface area contributed by atoms with Crippen molar-refractivity contribution >= 4 is 35.7 Å². The van der Waals surface area contributed by atoms with Crippen molar-refractivity contribution in [3.63, 3.8) is 0 Å². The number of hydrogen-bond acceptors (Lipinski definition) is 7. The minimum atomic E-state index is -0.560. The predicted molar refractivity (Wildman–Crippen MR) is 102 cm³/mol. The van der Waals surface area contributed by atoms with Crippen molar-refractivity contribution in [2.45, 2.75) is 13.8 Å². The average Bonchev–Trinajstić information content (AvgIpc) is 2.62. The van der Waals surface area contributed by atoms with Crippen LogP contribution in [-0.4, -0.2) is 30.7 Å². The first kappa shape index (κ1) is 20.9. The topological polar surface area (TPSA) is 103 Å². The van der Waals surface area contributed by atoms with Gasteiger partial charge in [0.25, 0.3) is 5.91 Å². The summed E-state index contributed by atoms with van der Waals surface area (Å²) in [6.45, 7) is 2.24. The predicted octanol–water partition coefficient (Wildman–Crippen LogP) is 2.72. The van der Waals surface area contributed by atoms with E-state index in [4.69, 9.17) is 25.8 Å². The van der Waals surface area contributed by atoms with Gasteiger partial charge < -0.3 is 14.2 Å². The molecule has 28 heavy (non-hydrogen) atoms. The normalized spacial score (nSPS) is 10.4.